The van der Waals surface area contributed by atoms with Crippen LogP contribution in [-0.2, 0) is 0 Å². The number of nitroso groups, excluding NO2 is 1. The molecule has 6 heteroatoms. The van der Waals surface area contributed by atoms with Crippen LogP contribution < -0.4 is 5.73 Å². The Morgan fingerprint density at radius 3 is 2.50 bits per heavy atom. The van der Waals surface area contributed by atoms with Gasteiger partial charge in [-0.1, -0.05) is 23.2 Å². The summed E-state index contributed by atoms with van der Waals surface area (Å²) in [6.45, 7) is 0. The Balaban J connectivity index is 3.51. The molecule has 1 aromatic rings. The summed E-state index contributed by atoms with van der Waals surface area (Å²) < 4.78 is 0.329. The predicted octanol–water partition coefficient (Wildman–Crippen LogP) is 3.74. The lowest BCUT2D eigenvalue weighted by Crippen LogP contribution is -1.88. The normalized spacial score (nSPS) is 9.92. The molecule has 2 N–H and O–H groups in total. The van der Waals surface area contributed by atoms with E-state index < -0.39 is 0 Å². The van der Waals surface area contributed by atoms with E-state index in [9.17, 15) is 4.91 Å². The Kier molecular flexibility index (Phi) is 2.93. The van der Waals surface area contributed by atoms with E-state index >= 15 is 0 Å². The molecule has 0 bridgehead atoms. The number of hydrogen-bond donors (Lipinski definition) is 1. The van der Waals surface area contributed by atoms with E-state index in [1.54, 1.807) is 0 Å². The maximum absolute atomic E-state index is 10.2. The molecule has 0 atom stereocenters. The average Bonchev–Trinajstić information content (AvgIpc) is 2.01. The lowest BCUT2D eigenvalue weighted by Gasteiger charge is -2.03. The average molecular weight is 270 g/mol. The Hall–Kier alpha value is -0.320. The lowest BCUT2D eigenvalue weighted by atomic mass is 10.3. The summed E-state index contributed by atoms with van der Waals surface area (Å²) in [6.07, 6.45) is 0. The quantitative estimate of drug-likeness (QED) is 0.624. The minimum Gasteiger partial charge on any atom is -0.397 e. The van der Waals surface area contributed by atoms with Gasteiger partial charge in [-0.3, -0.25) is 0 Å². The van der Waals surface area contributed by atoms with Gasteiger partial charge in [0, 0.05) is 0 Å². The number of hydrogen-bond acceptors (Lipinski definition) is 3. The number of benzene rings is 1. The molecule has 0 fully saturated rings. The van der Waals surface area contributed by atoms with Gasteiger partial charge >= 0.3 is 0 Å². The molecule has 0 aliphatic heterocycles. The van der Waals surface area contributed by atoms with Crippen molar-refractivity contribution in [1.82, 2.24) is 0 Å². The Bertz CT molecular complexity index is 343. The highest BCUT2D eigenvalue weighted by molar-refractivity contribution is 9.10. The van der Waals surface area contributed by atoms with Crippen molar-refractivity contribution in [2.75, 3.05) is 5.73 Å². The van der Waals surface area contributed by atoms with Crippen molar-refractivity contribution in [1.29, 1.82) is 0 Å². The smallest absolute Gasteiger partial charge is 0.142 e. The minimum atomic E-state index is 0.0681. The molecule has 0 spiro atoms. The second kappa shape index (κ2) is 3.60. The van der Waals surface area contributed by atoms with Gasteiger partial charge in [0.15, 0.2) is 0 Å². The van der Waals surface area contributed by atoms with Crippen molar-refractivity contribution >= 4 is 50.5 Å². The van der Waals surface area contributed by atoms with Crippen LogP contribution in [0.1, 0.15) is 0 Å². The SMILES string of the molecule is Nc1c(Cl)cc(Cl)c(N=O)c1Br. The van der Waals surface area contributed by atoms with Crippen LogP contribution in [0, 0.1) is 4.91 Å². The number of nitrogens with zero attached hydrogens (tertiary/aromatic N) is 1. The first kappa shape index (κ1) is 9.77. The van der Waals surface area contributed by atoms with E-state index in [0.717, 1.165) is 0 Å². The summed E-state index contributed by atoms with van der Waals surface area (Å²) in [5.41, 5.74) is 5.82. The van der Waals surface area contributed by atoms with Crippen molar-refractivity contribution in [3.63, 3.8) is 0 Å². The third-order valence-corrected chi connectivity index (χ3v) is 2.68. The second-order valence-electron chi connectivity index (χ2n) is 2.01. The molecular weight excluding hydrogens is 267 g/mol. The molecule has 64 valence electrons. The fourth-order valence-corrected chi connectivity index (χ4v) is 1.90. The summed E-state index contributed by atoms with van der Waals surface area (Å²) in [7, 11) is 0. The highest BCUT2D eigenvalue weighted by atomic mass is 79.9. The van der Waals surface area contributed by atoms with Gasteiger partial charge in [0.25, 0.3) is 0 Å². The zero-order valence-corrected chi connectivity index (χ0v) is 8.74. The molecule has 0 unspecified atom stereocenters. The summed E-state index contributed by atoms with van der Waals surface area (Å²) in [5, 5.41) is 3.17. The summed E-state index contributed by atoms with van der Waals surface area (Å²) in [6, 6.07) is 1.37. The van der Waals surface area contributed by atoms with Gasteiger partial charge in [-0.15, -0.1) is 4.91 Å². The molecule has 0 radical (unpaired) electrons. The van der Waals surface area contributed by atoms with Crippen molar-refractivity contribution in [2.24, 2.45) is 5.18 Å². The maximum atomic E-state index is 10.2. The monoisotopic (exact) mass is 268 g/mol. The van der Waals surface area contributed by atoms with Crippen LogP contribution in [0.15, 0.2) is 15.7 Å². The molecule has 0 saturated carbocycles. The molecule has 3 nitrogen and oxygen atoms in total. The number of anilines is 1. The zero-order chi connectivity index (χ0) is 9.30. The first-order valence-corrected chi connectivity index (χ1v) is 4.39. The largest absolute Gasteiger partial charge is 0.397 e. The van der Waals surface area contributed by atoms with Crippen molar-refractivity contribution in [3.8, 4) is 0 Å². The lowest BCUT2D eigenvalue weighted by molar-refractivity contribution is 1.47. The molecule has 1 rings (SSSR count). The molecule has 1 aromatic carbocycles. The van der Waals surface area contributed by atoms with E-state index in [-0.39, 0.29) is 16.4 Å². The van der Waals surface area contributed by atoms with E-state index in [1.807, 2.05) is 0 Å². The third kappa shape index (κ3) is 1.55. The summed E-state index contributed by atoms with van der Waals surface area (Å²) in [5.74, 6) is 0. The van der Waals surface area contributed by atoms with E-state index in [2.05, 4.69) is 21.1 Å². The van der Waals surface area contributed by atoms with Gasteiger partial charge in [0.05, 0.1) is 20.2 Å². The predicted molar refractivity (Wildman–Crippen MR) is 54.0 cm³/mol. The topological polar surface area (TPSA) is 55.4 Å². The number of nitrogen functional groups attached to an aromatic ring is 1. The molecule has 0 aromatic heterocycles. The molecule has 0 aliphatic rings. The first-order chi connectivity index (χ1) is 5.57. The highest BCUT2D eigenvalue weighted by Gasteiger charge is 2.12. The molecule has 0 aliphatic carbocycles. The van der Waals surface area contributed by atoms with Crippen LogP contribution in [0.25, 0.3) is 0 Å². The van der Waals surface area contributed by atoms with Crippen LogP contribution in [0.2, 0.25) is 10.0 Å². The Morgan fingerprint density at radius 2 is 2.00 bits per heavy atom. The highest BCUT2D eigenvalue weighted by Crippen LogP contribution is 2.41. The minimum absolute atomic E-state index is 0.0681. The van der Waals surface area contributed by atoms with Gasteiger partial charge in [-0.05, 0) is 27.2 Å². The molecule has 0 amide bonds. The van der Waals surface area contributed by atoms with Crippen LogP contribution in [0.5, 0.6) is 0 Å². The van der Waals surface area contributed by atoms with Gasteiger partial charge in [0.1, 0.15) is 5.69 Å². The molecule has 12 heavy (non-hydrogen) atoms. The molecule has 0 heterocycles. The van der Waals surface area contributed by atoms with Gasteiger partial charge in [0.2, 0.25) is 0 Å². The number of rotatable bonds is 1. The fourth-order valence-electron chi connectivity index (χ4n) is 0.678. The van der Waals surface area contributed by atoms with E-state index in [0.29, 0.717) is 9.50 Å². The molecule has 0 saturated heterocycles. The zero-order valence-electron chi connectivity index (χ0n) is 5.64. The standard InChI is InChI=1S/C6H3BrCl2N2O/c7-4-5(10)2(8)1-3(9)6(4)11-12/h1H,10H2. The number of halogens is 3. The van der Waals surface area contributed by atoms with Crippen LogP contribution in [0.4, 0.5) is 11.4 Å². The van der Waals surface area contributed by atoms with Crippen molar-refractivity contribution < 1.29 is 0 Å². The third-order valence-electron chi connectivity index (χ3n) is 1.27. The van der Waals surface area contributed by atoms with Crippen molar-refractivity contribution in [3.05, 3.63) is 25.5 Å². The van der Waals surface area contributed by atoms with Gasteiger partial charge < -0.3 is 5.73 Å². The molecular formula is C6H3BrCl2N2O. The fraction of sp³-hybridized carbons (Fsp3) is 0. The summed E-state index contributed by atoms with van der Waals surface area (Å²) >= 11 is 14.4. The van der Waals surface area contributed by atoms with E-state index in [1.165, 1.54) is 6.07 Å². The van der Waals surface area contributed by atoms with Crippen molar-refractivity contribution in [2.45, 2.75) is 0 Å². The maximum Gasteiger partial charge on any atom is 0.142 e. The van der Waals surface area contributed by atoms with Gasteiger partial charge in [-0.2, -0.15) is 0 Å². The second-order valence-corrected chi connectivity index (χ2v) is 3.62. The van der Waals surface area contributed by atoms with Crippen LogP contribution in [0.3, 0.4) is 0 Å². The number of nitrogens with two attached hydrogens (primary N) is 1. The Labute approximate surface area is 86.9 Å². The Morgan fingerprint density at radius 1 is 1.42 bits per heavy atom. The van der Waals surface area contributed by atoms with E-state index in [4.69, 9.17) is 28.9 Å². The van der Waals surface area contributed by atoms with Gasteiger partial charge in [-0.25, -0.2) is 0 Å². The first-order valence-electron chi connectivity index (χ1n) is 2.84. The van der Waals surface area contributed by atoms with Crippen LogP contribution >= 0.6 is 39.1 Å². The van der Waals surface area contributed by atoms with Crippen LogP contribution in [-0.4, -0.2) is 0 Å². The summed E-state index contributed by atoms with van der Waals surface area (Å²) in [4.78, 5) is 10.2.